The molecular formula is C23H29ClN2O5S. The lowest BCUT2D eigenvalue weighted by atomic mass is 10.1. The Hall–Kier alpha value is -2.29. The number of carbonyl (C=O) groups is 1. The summed E-state index contributed by atoms with van der Waals surface area (Å²) in [6, 6.07) is 11.8. The molecule has 0 saturated carbocycles. The smallest absolute Gasteiger partial charge is 0.340 e. The van der Waals surface area contributed by atoms with Crippen LogP contribution in [0, 0.1) is 0 Å². The number of hydrogen-bond acceptors (Lipinski definition) is 6. The summed E-state index contributed by atoms with van der Waals surface area (Å²) in [5, 5.41) is 0.476. The van der Waals surface area contributed by atoms with Crippen LogP contribution in [0.5, 0.6) is 5.75 Å². The zero-order valence-corrected chi connectivity index (χ0v) is 20.0. The van der Waals surface area contributed by atoms with E-state index < -0.39 is 16.0 Å². The molecule has 0 unspecified atom stereocenters. The Kier molecular flexibility index (Phi) is 8.39. The lowest BCUT2D eigenvalue weighted by Gasteiger charge is -2.23. The van der Waals surface area contributed by atoms with Crippen LogP contribution in [0.1, 0.15) is 37.0 Å². The average Bonchev–Trinajstić information content (AvgIpc) is 3.32. The van der Waals surface area contributed by atoms with Gasteiger partial charge in [-0.15, -0.1) is 0 Å². The van der Waals surface area contributed by atoms with Crippen molar-refractivity contribution < 1.29 is 22.7 Å². The maximum absolute atomic E-state index is 13.0. The summed E-state index contributed by atoms with van der Waals surface area (Å²) in [6.07, 6.45) is 2.05. The predicted octanol–water partition coefficient (Wildman–Crippen LogP) is 4.21. The minimum atomic E-state index is -3.70. The molecular weight excluding hydrogens is 452 g/mol. The molecule has 0 bridgehead atoms. The second kappa shape index (κ2) is 11.0. The first kappa shape index (κ1) is 24.4. The molecule has 174 valence electrons. The summed E-state index contributed by atoms with van der Waals surface area (Å²) in [5.74, 6) is -0.0680. The Labute approximate surface area is 194 Å². The van der Waals surface area contributed by atoms with Gasteiger partial charge in [0.05, 0.1) is 21.2 Å². The Morgan fingerprint density at radius 1 is 1.06 bits per heavy atom. The van der Waals surface area contributed by atoms with E-state index in [-0.39, 0.29) is 23.7 Å². The minimum absolute atomic E-state index is 0.0104. The summed E-state index contributed by atoms with van der Waals surface area (Å²) < 4.78 is 38.3. The molecule has 2 aromatic rings. The van der Waals surface area contributed by atoms with Crippen molar-refractivity contribution in [2.45, 2.75) is 31.6 Å². The number of ether oxygens (including phenoxy) is 2. The van der Waals surface area contributed by atoms with Crippen LogP contribution in [-0.2, 0) is 14.8 Å². The summed E-state index contributed by atoms with van der Waals surface area (Å²) in [5.41, 5.74) is 0.941. The molecule has 0 amide bonds. The van der Waals surface area contributed by atoms with Crippen molar-refractivity contribution in [1.82, 2.24) is 4.31 Å². The maximum atomic E-state index is 13.0. The molecule has 2 aromatic carbocycles. The molecule has 0 aliphatic carbocycles. The first-order chi connectivity index (χ1) is 15.4. The van der Waals surface area contributed by atoms with Crippen LogP contribution in [0.15, 0.2) is 47.4 Å². The number of nitrogens with zero attached hydrogens (tertiary/aromatic N) is 2. The molecule has 0 atom stereocenters. The van der Waals surface area contributed by atoms with Gasteiger partial charge in [-0.2, -0.15) is 4.31 Å². The standard InChI is InChI=1S/C23H29ClN2O5S/c1-3-26(4-2)32(28,29)18-11-12-21(25-13-7-8-14-25)19(17-18)23(27)31-16-15-30-22-10-6-5-9-20(22)24/h5-6,9-12,17H,3-4,7-8,13-16H2,1-2H3. The van der Waals surface area contributed by atoms with Gasteiger partial charge in [-0.3, -0.25) is 0 Å². The van der Waals surface area contributed by atoms with Gasteiger partial charge >= 0.3 is 5.97 Å². The average molecular weight is 481 g/mol. The SMILES string of the molecule is CCN(CC)S(=O)(=O)c1ccc(N2CCCC2)c(C(=O)OCCOc2ccccc2Cl)c1. The van der Waals surface area contributed by atoms with Gasteiger partial charge in [0.1, 0.15) is 19.0 Å². The number of hydrogen-bond donors (Lipinski definition) is 0. The third-order valence-electron chi connectivity index (χ3n) is 5.39. The Morgan fingerprint density at radius 2 is 1.75 bits per heavy atom. The molecule has 1 aliphatic heterocycles. The molecule has 7 nitrogen and oxygen atoms in total. The van der Waals surface area contributed by atoms with Crippen LogP contribution in [0.2, 0.25) is 5.02 Å². The number of benzene rings is 2. The summed E-state index contributed by atoms with van der Waals surface area (Å²) in [4.78, 5) is 15.1. The second-order valence-electron chi connectivity index (χ2n) is 7.38. The number of esters is 1. The van der Waals surface area contributed by atoms with Gasteiger partial charge in [0.15, 0.2) is 0 Å². The zero-order chi connectivity index (χ0) is 23.1. The van der Waals surface area contributed by atoms with E-state index in [1.807, 2.05) is 0 Å². The monoisotopic (exact) mass is 480 g/mol. The highest BCUT2D eigenvalue weighted by molar-refractivity contribution is 7.89. The zero-order valence-electron chi connectivity index (χ0n) is 18.4. The topological polar surface area (TPSA) is 76.2 Å². The van der Waals surface area contributed by atoms with E-state index in [1.165, 1.54) is 10.4 Å². The van der Waals surface area contributed by atoms with E-state index in [2.05, 4.69) is 4.90 Å². The van der Waals surface area contributed by atoms with Crippen LogP contribution in [-0.4, -0.2) is 58.1 Å². The highest BCUT2D eigenvalue weighted by Gasteiger charge is 2.27. The van der Waals surface area contributed by atoms with E-state index in [1.54, 1.807) is 50.2 Å². The van der Waals surface area contributed by atoms with E-state index in [0.29, 0.717) is 29.5 Å². The fourth-order valence-corrected chi connectivity index (χ4v) is 5.39. The summed E-state index contributed by atoms with van der Waals surface area (Å²) in [7, 11) is -3.70. The van der Waals surface area contributed by atoms with E-state index in [4.69, 9.17) is 21.1 Å². The number of halogens is 1. The van der Waals surface area contributed by atoms with E-state index in [0.717, 1.165) is 25.9 Å². The summed E-state index contributed by atoms with van der Waals surface area (Å²) in [6.45, 7) is 6.05. The number of carbonyl (C=O) groups excluding carboxylic acids is 1. The number of para-hydroxylation sites is 1. The Bertz CT molecular complexity index is 1030. The van der Waals surface area contributed by atoms with Crippen LogP contribution in [0.4, 0.5) is 5.69 Å². The normalized spacial score (nSPS) is 14.1. The molecule has 1 fully saturated rings. The van der Waals surface area contributed by atoms with Gasteiger partial charge < -0.3 is 14.4 Å². The van der Waals surface area contributed by atoms with Gasteiger partial charge in [0, 0.05) is 26.2 Å². The Balaban J connectivity index is 1.78. The van der Waals surface area contributed by atoms with Crippen molar-refractivity contribution in [1.29, 1.82) is 0 Å². The highest BCUT2D eigenvalue weighted by atomic mass is 35.5. The van der Waals surface area contributed by atoms with E-state index in [9.17, 15) is 13.2 Å². The first-order valence-electron chi connectivity index (χ1n) is 10.8. The molecule has 0 N–H and O–H groups in total. The molecule has 0 aromatic heterocycles. The highest BCUT2D eigenvalue weighted by Crippen LogP contribution is 2.29. The molecule has 32 heavy (non-hydrogen) atoms. The van der Waals surface area contributed by atoms with Gasteiger partial charge in [-0.25, -0.2) is 13.2 Å². The fraction of sp³-hybridized carbons (Fsp3) is 0.435. The van der Waals surface area contributed by atoms with Crippen LogP contribution >= 0.6 is 11.6 Å². The van der Waals surface area contributed by atoms with Crippen LogP contribution in [0.25, 0.3) is 0 Å². The number of anilines is 1. The third-order valence-corrected chi connectivity index (χ3v) is 7.75. The second-order valence-corrected chi connectivity index (χ2v) is 9.72. The largest absolute Gasteiger partial charge is 0.488 e. The third kappa shape index (κ3) is 5.54. The summed E-state index contributed by atoms with van der Waals surface area (Å²) >= 11 is 6.07. The molecule has 3 rings (SSSR count). The molecule has 0 radical (unpaired) electrons. The van der Waals surface area contributed by atoms with Crippen molar-refractivity contribution in [3.8, 4) is 5.75 Å². The molecule has 1 aliphatic rings. The lowest BCUT2D eigenvalue weighted by molar-refractivity contribution is 0.0451. The molecule has 1 heterocycles. The van der Waals surface area contributed by atoms with Crippen molar-refractivity contribution in [3.05, 3.63) is 53.1 Å². The minimum Gasteiger partial charge on any atom is -0.488 e. The quantitative estimate of drug-likeness (QED) is 0.374. The maximum Gasteiger partial charge on any atom is 0.340 e. The molecule has 9 heteroatoms. The van der Waals surface area contributed by atoms with Gasteiger partial charge in [0.2, 0.25) is 10.0 Å². The fourth-order valence-electron chi connectivity index (χ4n) is 3.71. The molecule has 1 saturated heterocycles. The van der Waals surface area contributed by atoms with Crippen molar-refractivity contribution in [3.63, 3.8) is 0 Å². The van der Waals surface area contributed by atoms with Crippen LogP contribution in [0.3, 0.4) is 0 Å². The first-order valence-corrected chi connectivity index (χ1v) is 12.6. The molecule has 0 spiro atoms. The van der Waals surface area contributed by atoms with Crippen molar-refractivity contribution >= 4 is 33.3 Å². The predicted molar refractivity (Wildman–Crippen MR) is 125 cm³/mol. The van der Waals surface area contributed by atoms with Crippen LogP contribution < -0.4 is 9.64 Å². The van der Waals surface area contributed by atoms with E-state index >= 15 is 0 Å². The lowest BCUT2D eigenvalue weighted by Crippen LogP contribution is -2.31. The van der Waals surface area contributed by atoms with Gasteiger partial charge in [0.25, 0.3) is 0 Å². The number of rotatable bonds is 10. The van der Waals surface area contributed by atoms with Crippen molar-refractivity contribution in [2.24, 2.45) is 0 Å². The Morgan fingerprint density at radius 3 is 2.41 bits per heavy atom. The van der Waals surface area contributed by atoms with Gasteiger partial charge in [-0.1, -0.05) is 37.6 Å². The van der Waals surface area contributed by atoms with Crippen molar-refractivity contribution in [2.75, 3.05) is 44.3 Å². The van der Waals surface area contributed by atoms with Gasteiger partial charge in [-0.05, 0) is 43.2 Å². The number of sulfonamides is 1.